The van der Waals surface area contributed by atoms with Gasteiger partial charge < -0.3 is 0 Å². The van der Waals surface area contributed by atoms with Crippen molar-refractivity contribution in [2.45, 2.75) is 6.61 Å². The van der Waals surface area contributed by atoms with Crippen LogP contribution in [0.4, 0.5) is 0 Å². The lowest BCUT2D eigenvalue weighted by molar-refractivity contribution is 0.174. The average molecular weight is 164 g/mol. The Balaban J connectivity index is 2.67. The number of hydrogen-bond acceptors (Lipinski definition) is 2. The van der Waals surface area contributed by atoms with E-state index in [0.29, 0.717) is 5.69 Å². The predicted octanol–water partition coefficient (Wildman–Crippen LogP) is 2.23. The van der Waals surface area contributed by atoms with E-state index in [2.05, 4.69) is 4.98 Å². The SMILES string of the molecule is [O]Cc1ccc2ccsc2n1. The fourth-order valence-electron chi connectivity index (χ4n) is 0.963. The van der Waals surface area contributed by atoms with Gasteiger partial charge in [0.25, 0.3) is 0 Å². The Morgan fingerprint density at radius 2 is 2.27 bits per heavy atom. The molecule has 0 aliphatic rings. The standard InChI is InChI=1S/C8H6NOS/c10-5-7-2-1-6-3-4-11-8(6)9-7/h1-4H,5H2. The van der Waals surface area contributed by atoms with Crippen LogP contribution in [0.5, 0.6) is 0 Å². The van der Waals surface area contributed by atoms with Gasteiger partial charge in [-0.1, -0.05) is 6.07 Å². The van der Waals surface area contributed by atoms with E-state index in [4.69, 9.17) is 0 Å². The van der Waals surface area contributed by atoms with Crippen LogP contribution in [0, 0.1) is 0 Å². The number of thiophene rings is 1. The summed E-state index contributed by atoms with van der Waals surface area (Å²) >= 11 is 1.57. The molecule has 0 spiro atoms. The summed E-state index contributed by atoms with van der Waals surface area (Å²) in [6.07, 6.45) is 0. The lowest BCUT2D eigenvalue weighted by atomic mass is 10.3. The molecule has 2 nitrogen and oxygen atoms in total. The molecule has 0 atom stereocenters. The minimum Gasteiger partial charge on any atom is -0.239 e. The van der Waals surface area contributed by atoms with Crippen LogP contribution in [-0.2, 0) is 11.7 Å². The number of aromatic nitrogens is 1. The van der Waals surface area contributed by atoms with Gasteiger partial charge in [-0.25, -0.2) is 10.1 Å². The van der Waals surface area contributed by atoms with E-state index in [1.165, 1.54) is 0 Å². The lowest BCUT2D eigenvalue weighted by Gasteiger charge is -1.91. The summed E-state index contributed by atoms with van der Waals surface area (Å²) in [4.78, 5) is 5.12. The highest BCUT2D eigenvalue weighted by molar-refractivity contribution is 7.16. The second-order valence-corrected chi connectivity index (χ2v) is 3.16. The van der Waals surface area contributed by atoms with Gasteiger partial charge in [-0.15, -0.1) is 11.3 Å². The van der Waals surface area contributed by atoms with Crippen LogP contribution in [0.2, 0.25) is 0 Å². The van der Waals surface area contributed by atoms with Gasteiger partial charge in [0, 0.05) is 5.39 Å². The maximum atomic E-state index is 10.4. The van der Waals surface area contributed by atoms with Gasteiger partial charge in [-0.05, 0) is 17.5 Å². The Bertz CT molecular complexity index is 369. The summed E-state index contributed by atoms with van der Waals surface area (Å²) in [5, 5.41) is 13.5. The Labute approximate surface area is 68.1 Å². The molecule has 0 bridgehead atoms. The molecule has 0 N–H and O–H groups in total. The van der Waals surface area contributed by atoms with E-state index >= 15 is 0 Å². The molecule has 0 saturated carbocycles. The molecule has 3 heteroatoms. The van der Waals surface area contributed by atoms with Gasteiger partial charge in [0.05, 0.1) is 5.69 Å². The van der Waals surface area contributed by atoms with Crippen LogP contribution < -0.4 is 0 Å². The average Bonchev–Trinajstić information content (AvgIpc) is 2.50. The van der Waals surface area contributed by atoms with E-state index in [1.54, 1.807) is 17.4 Å². The molecule has 1 radical (unpaired) electrons. The first-order valence-electron chi connectivity index (χ1n) is 3.31. The van der Waals surface area contributed by atoms with Crippen molar-refractivity contribution in [3.8, 4) is 0 Å². The molecule has 0 unspecified atom stereocenters. The van der Waals surface area contributed by atoms with Gasteiger partial charge >= 0.3 is 0 Å². The molecule has 0 saturated heterocycles. The van der Waals surface area contributed by atoms with Crippen molar-refractivity contribution >= 4 is 21.6 Å². The Morgan fingerprint density at radius 1 is 1.36 bits per heavy atom. The zero-order valence-corrected chi connectivity index (χ0v) is 6.60. The molecule has 2 aromatic heterocycles. The summed E-state index contributed by atoms with van der Waals surface area (Å²) in [7, 11) is 0. The summed E-state index contributed by atoms with van der Waals surface area (Å²) < 4.78 is 0. The molecule has 11 heavy (non-hydrogen) atoms. The van der Waals surface area contributed by atoms with Crippen LogP contribution >= 0.6 is 11.3 Å². The quantitative estimate of drug-likeness (QED) is 0.636. The monoisotopic (exact) mass is 164 g/mol. The highest BCUT2D eigenvalue weighted by Gasteiger charge is 1.97. The molecule has 0 aliphatic heterocycles. The van der Waals surface area contributed by atoms with Gasteiger partial charge in [0.2, 0.25) is 0 Å². The van der Waals surface area contributed by atoms with Crippen molar-refractivity contribution in [1.82, 2.24) is 4.98 Å². The van der Waals surface area contributed by atoms with Gasteiger partial charge in [-0.3, -0.25) is 0 Å². The molecule has 0 fully saturated rings. The number of rotatable bonds is 1. The number of pyridine rings is 1. The third kappa shape index (κ3) is 1.13. The van der Waals surface area contributed by atoms with E-state index in [1.807, 2.05) is 17.5 Å². The predicted molar refractivity (Wildman–Crippen MR) is 44.0 cm³/mol. The van der Waals surface area contributed by atoms with E-state index in [9.17, 15) is 5.11 Å². The smallest absolute Gasteiger partial charge is 0.124 e. The minimum atomic E-state index is -0.228. The minimum absolute atomic E-state index is 0.228. The van der Waals surface area contributed by atoms with Crippen molar-refractivity contribution < 1.29 is 5.11 Å². The molecular weight excluding hydrogens is 158 g/mol. The molecule has 0 aromatic carbocycles. The van der Waals surface area contributed by atoms with Crippen LogP contribution in [0.15, 0.2) is 23.6 Å². The normalized spacial score (nSPS) is 10.6. The molecule has 2 heterocycles. The Hall–Kier alpha value is -0.930. The van der Waals surface area contributed by atoms with Crippen molar-refractivity contribution in [3.63, 3.8) is 0 Å². The molecule has 55 valence electrons. The van der Waals surface area contributed by atoms with E-state index in [-0.39, 0.29) is 6.61 Å². The number of hydrogen-bond donors (Lipinski definition) is 0. The van der Waals surface area contributed by atoms with E-state index in [0.717, 1.165) is 10.2 Å². The maximum absolute atomic E-state index is 10.4. The highest BCUT2D eigenvalue weighted by atomic mass is 32.1. The summed E-state index contributed by atoms with van der Waals surface area (Å²) in [6, 6.07) is 5.72. The van der Waals surface area contributed by atoms with Gasteiger partial charge in [0.15, 0.2) is 0 Å². The summed E-state index contributed by atoms with van der Waals surface area (Å²) in [6.45, 7) is -0.228. The van der Waals surface area contributed by atoms with Gasteiger partial charge in [-0.2, -0.15) is 0 Å². The first kappa shape index (κ1) is 6.76. The maximum Gasteiger partial charge on any atom is 0.124 e. The molecule has 0 amide bonds. The fourth-order valence-corrected chi connectivity index (χ4v) is 1.75. The molecule has 2 aromatic rings. The highest BCUT2D eigenvalue weighted by Crippen LogP contribution is 2.18. The van der Waals surface area contributed by atoms with Crippen molar-refractivity contribution in [3.05, 3.63) is 29.3 Å². The number of fused-ring (bicyclic) bond motifs is 1. The van der Waals surface area contributed by atoms with Crippen molar-refractivity contribution in [1.29, 1.82) is 0 Å². The Kier molecular flexibility index (Phi) is 1.60. The molecular formula is C8H6NOS. The van der Waals surface area contributed by atoms with Crippen LogP contribution in [0.1, 0.15) is 5.69 Å². The second-order valence-electron chi connectivity index (χ2n) is 2.26. The third-order valence-electron chi connectivity index (χ3n) is 1.52. The number of nitrogens with zero attached hydrogens (tertiary/aromatic N) is 1. The summed E-state index contributed by atoms with van der Waals surface area (Å²) in [5.41, 5.74) is 0.625. The van der Waals surface area contributed by atoms with Crippen LogP contribution in [0.3, 0.4) is 0 Å². The molecule has 2 rings (SSSR count). The zero-order valence-electron chi connectivity index (χ0n) is 5.78. The third-order valence-corrected chi connectivity index (χ3v) is 2.34. The Morgan fingerprint density at radius 3 is 3.09 bits per heavy atom. The lowest BCUT2D eigenvalue weighted by Crippen LogP contribution is -1.84. The van der Waals surface area contributed by atoms with Crippen molar-refractivity contribution in [2.24, 2.45) is 0 Å². The fraction of sp³-hybridized carbons (Fsp3) is 0.125. The summed E-state index contributed by atoms with van der Waals surface area (Å²) in [5.74, 6) is 0. The van der Waals surface area contributed by atoms with Crippen molar-refractivity contribution in [2.75, 3.05) is 0 Å². The second kappa shape index (κ2) is 2.60. The van der Waals surface area contributed by atoms with E-state index < -0.39 is 0 Å². The van der Waals surface area contributed by atoms with Crippen LogP contribution in [-0.4, -0.2) is 4.98 Å². The van der Waals surface area contributed by atoms with Gasteiger partial charge in [0.1, 0.15) is 11.4 Å². The zero-order chi connectivity index (χ0) is 7.68. The first-order valence-corrected chi connectivity index (χ1v) is 4.19. The molecule has 0 aliphatic carbocycles. The van der Waals surface area contributed by atoms with Crippen LogP contribution in [0.25, 0.3) is 10.2 Å². The topological polar surface area (TPSA) is 32.8 Å². The largest absolute Gasteiger partial charge is 0.239 e. The first-order chi connectivity index (χ1) is 5.40.